The first-order valence-corrected chi connectivity index (χ1v) is 3.71. The van der Waals surface area contributed by atoms with Crippen molar-refractivity contribution < 1.29 is 19.5 Å². The van der Waals surface area contributed by atoms with Gasteiger partial charge in [0.15, 0.2) is 0 Å². The maximum atomic E-state index is 10.5. The molecular formula is C7H12AlN2O4+3. The Morgan fingerprint density at radius 1 is 1.43 bits per heavy atom. The van der Waals surface area contributed by atoms with Crippen LogP contribution >= 0.6 is 0 Å². The molecule has 14 heavy (non-hydrogen) atoms. The predicted molar refractivity (Wildman–Crippen MR) is 49.4 cm³/mol. The number of carbonyl (C=O) groups is 3. The van der Waals surface area contributed by atoms with Crippen LogP contribution in [0, 0.1) is 0 Å². The molecular weight excluding hydrogens is 203 g/mol. The second kappa shape index (κ2) is 7.36. The molecule has 0 saturated heterocycles. The average Bonchev–Trinajstić information content (AvgIpc) is 1.96. The number of rotatable bonds is 5. The molecule has 6 nitrogen and oxygen atoms in total. The summed E-state index contributed by atoms with van der Waals surface area (Å²) in [7, 11) is 0. The number of nitrogens with two attached hydrogens (primary N) is 1. The summed E-state index contributed by atoms with van der Waals surface area (Å²) in [6, 6.07) is -1.04. The van der Waals surface area contributed by atoms with E-state index in [2.05, 4.69) is 5.32 Å². The zero-order chi connectivity index (χ0) is 10.4. The van der Waals surface area contributed by atoms with Gasteiger partial charge in [-0.05, 0) is 6.42 Å². The summed E-state index contributed by atoms with van der Waals surface area (Å²) in [5, 5.41) is 10.8. The normalized spacial score (nSPS) is 10.9. The van der Waals surface area contributed by atoms with Gasteiger partial charge in [0, 0.05) is 13.3 Å². The number of hydrogen-bond donors (Lipinski definition) is 3. The molecule has 0 heterocycles. The van der Waals surface area contributed by atoms with Gasteiger partial charge in [-0.2, -0.15) is 0 Å². The maximum Gasteiger partial charge on any atom is 3.00 e. The van der Waals surface area contributed by atoms with Crippen molar-refractivity contribution in [1.82, 2.24) is 5.32 Å². The van der Waals surface area contributed by atoms with Gasteiger partial charge < -0.3 is 16.2 Å². The van der Waals surface area contributed by atoms with Crippen molar-refractivity contribution in [2.45, 2.75) is 25.8 Å². The molecule has 0 aliphatic heterocycles. The van der Waals surface area contributed by atoms with Gasteiger partial charge in [-0.25, -0.2) is 4.79 Å². The minimum Gasteiger partial charge on any atom is -0.480 e. The van der Waals surface area contributed by atoms with Crippen molar-refractivity contribution in [3.63, 3.8) is 0 Å². The number of hydrogen-bond acceptors (Lipinski definition) is 3. The van der Waals surface area contributed by atoms with Gasteiger partial charge in [0.2, 0.25) is 11.8 Å². The molecule has 0 aliphatic rings. The Labute approximate surface area is 92.0 Å². The Morgan fingerprint density at radius 3 is 2.21 bits per heavy atom. The van der Waals surface area contributed by atoms with Crippen LogP contribution in [-0.4, -0.2) is 46.3 Å². The van der Waals surface area contributed by atoms with Crippen LogP contribution in [0.15, 0.2) is 0 Å². The topological polar surface area (TPSA) is 109 Å². The van der Waals surface area contributed by atoms with Gasteiger partial charge >= 0.3 is 23.3 Å². The van der Waals surface area contributed by atoms with Gasteiger partial charge in [-0.1, -0.05) is 0 Å². The Hall–Kier alpha value is -1.06. The molecule has 0 aromatic rings. The van der Waals surface area contributed by atoms with Gasteiger partial charge in [0.1, 0.15) is 6.04 Å². The van der Waals surface area contributed by atoms with Crippen LogP contribution in [0.5, 0.6) is 0 Å². The number of aliphatic carboxylic acids is 1. The predicted octanol–water partition coefficient (Wildman–Crippen LogP) is -1.54. The van der Waals surface area contributed by atoms with Crippen LogP contribution in [0.2, 0.25) is 0 Å². The first kappa shape index (κ1) is 15.4. The van der Waals surface area contributed by atoms with Crippen molar-refractivity contribution in [1.29, 1.82) is 0 Å². The minimum absolute atomic E-state index is 0. The maximum absolute atomic E-state index is 10.5. The summed E-state index contributed by atoms with van der Waals surface area (Å²) < 4.78 is 0. The van der Waals surface area contributed by atoms with E-state index in [4.69, 9.17) is 10.8 Å². The molecule has 0 saturated carbocycles. The Morgan fingerprint density at radius 2 is 1.93 bits per heavy atom. The second-order valence-electron chi connectivity index (χ2n) is 2.60. The fourth-order valence-electron chi connectivity index (χ4n) is 0.789. The molecule has 0 bridgehead atoms. The van der Waals surface area contributed by atoms with Gasteiger partial charge in [-0.3, -0.25) is 9.59 Å². The van der Waals surface area contributed by atoms with E-state index in [0.29, 0.717) is 0 Å². The van der Waals surface area contributed by atoms with E-state index < -0.39 is 23.8 Å². The number of nitrogens with one attached hydrogen (secondary N) is 1. The quantitative estimate of drug-likeness (QED) is 0.483. The number of primary amides is 1. The molecule has 2 amide bonds. The summed E-state index contributed by atoms with van der Waals surface area (Å²) in [4.78, 5) is 31.3. The molecule has 0 radical (unpaired) electrons. The van der Waals surface area contributed by atoms with Gasteiger partial charge in [0.05, 0.1) is 0 Å². The third-order valence-corrected chi connectivity index (χ3v) is 1.36. The van der Waals surface area contributed by atoms with E-state index in [0.717, 1.165) is 0 Å². The number of carboxylic acid groups (broad SMARTS) is 1. The summed E-state index contributed by atoms with van der Waals surface area (Å²) in [6.07, 6.45) is -0.0402. The molecule has 0 rings (SSSR count). The van der Waals surface area contributed by atoms with E-state index >= 15 is 0 Å². The van der Waals surface area contributed by atoms with Crippen LogP contribution in [0.25, 0.3) is 0 Å². The van der Waals surface area contributed by atoms with Crippen LogP contribution in [0.1, 0.15) is 19.8 Å². The number of carboxylic acids is 1. The zero-order valence-corrected chi connectivity index (χ0v) is 8.97. The smallest absolute Gasteiger partial charge is 0.480 e. The molecule has 0 unspecified atom stereocenters. The molecule has 74 valence electrons. The van der Waals surface area contributed by atoms with Gasteiger partial charge in [0.25, 0.3) is 0 Å². The summed E-state index contributed by atoms with van der Waals surface area (Å²) in [5.41, 5.74) is 4.83. The Bertz CT molecular complexity index is 232. The summed E-state index contributed by atoms with van der Waals surface area (Å²) in [5.74, 6) is -2.20. The first-order chi connectivity index (χ1) is 5.93. The molecule has 7 heteroatoms. The van der Waals surface area contributed by atoms with E-state index in [1.54, 1.807) is 0 Å². The second-order valence-corrected chi connectivity index (χ2v) is 2.60. The number of amides is 2. The largest absolute Gasteiger partial charge is 3.00 e. The first-order valence-electron chi connectivity index (χ1n) is 3.71. The van der Waals surface area contributed by atoms with Crippen LogP contribution in [0.4, 0.5) is 0 Å². The molecule has 1 atom stereocenters. The zero-order valence-electron chi connectivity index (χ0n) is 7.82. The molecule has 0 fully saturated rings. The van der Waals surface area contributed by atoms with E-state index in [1.807, 2.05) is 0 Å². The average molecular weight is 215 g/mol. The molecule has 4 N–H and O–H groups in total. The van der Waals surface area contributed by atoms with Crippen molar-refractivity contribution in [3.8, 4) is 0 Å². The van der Waals surface area contributed by atoms with E-state index in [-0.39, 0.29) is 30.2 Å². The Balaban J connectivity index is 0. The summed E-state index contributed by atoms with van der Waals surface area (Å²) in [6.45, 7) is 1.21. The SMILES string of the molecule is CC(=O)N[C@@H](CCC(N)=O)C(=O)O.[Al+3]. The van der Waals surface area contributed by atoms with Gasteiger partial charge in [-0.15, -0.1) is 0 Å². The monoisotopic (exact) mass is 215 g/mol. The third-order valence-electron chi connectivity index (χ3n) is 1.36. The molecule has 0 aromatic carbocycles. The molecule has 0 aliphatic carbocycles. The van der Waals surface area contributed by atoms with Crippen molar-refractivity contribution in [2.24, 2.45) is 5.73 Å². The van der Waals surface area contributed by atoms with Crippen LogP contribution < -0.4 is 11.1 Å². The van der Waals surface area contributed by atoms with Crippen molar-refractivity contribution in [3.05, 3.63) is 0 Å². The number of carbonyl (C=O) groups excluding carboxylic acids is 2. The van der Waals surface area contributed by atoms with Crippen molar-refractivity contribution >= 4 is 35.1 Å². The molecule has 0 spiro atoms. The Kier molecular flexibility index (Phi) is 8.10. The fourth-order valence-corrected chi connectivity index (χ4v) is 0.789. The van der Waals surface area contributed by atoms with Crippen LogP contribution in [0.3, 0.4) is 0 Å². The minimum atomic E-state index is -1.17. The third kappa shape index (κ3) is 7.58. The van der Waals surface area contributed by atoms with E-state index in [9.17, 15) is 14.4 Å². The van der Waals surface area contributed by atoms with Crippen molar-refractivity contribution in [2.75, 3.05) is 0 Å². The fraction of sp³-hybridized carbons (Fsp3) is 0.571. The molecule has 0 aromatic heterocycles. The van der Waals surface area contributed by atoms with E-state index in [1.165, 1.54) is 6.92 Å². The standard InChI is InChI=1S/C7H12N2O4.Al/c1-4(10)9-5(7(12)13)2-3-6(8)11;/h5H,2-3H2,1H3,(H2,8,11)(H,9,10)(H,12,13);/q;+3/t5-;/m0./s1. The van der Waals surface area contributed by atoms with Crippen LogP contribution in [-0.2, 0) is 14.4 Å². The summed E-state index contributed by atoms with van der Waals surface area (Å²) >= 11 is 0.